The lowest BCUT2D eigenvalue weighted by Crippen LogP contribution is -2.24. The van der Waals surface area contributed by atoms with Crippen LogP contribution < -0.4 is 11.1 Å². The molecule has 0 saturated carbocycles. The van der Waals surface area contributed by atoms with E-state index in [0.717, 1.165) is 19.4 Å². The Morgan fingerprint density at radius 3 is 2.80 bits per heavy atom. The summed E-state index contributed by atoms with van der Waals surface area (Å²) in [6.07, 6.45) is 1.69. The Balaban J connectivity index is 3.21. The molecule has 0 aliphatic heterocycles. The summed E-state index contributed by atoms with van der Waals surface area (Å²) in [6.45, 7) is 0.907. The van der Waals surface area contributed by atoms with Gasteiger partial charge < -0.3 is 11.1 Å². The molecule has 4 heteroatoms. The number of hydrogen-bond acceptors (Lipinski definition) is 3. The van der Waals surface area contributed by atoms with Crippen molar-refractivity contribution in [1.29, 1.82) is 0 Å². The number of carbonyl (C=O) groups is 1. The molecule has 0 spiro atoms. The van der Waals surface area contributed by atoms with Crippen molar-refractivity contribution in [1.82, 2.24) is 5.32 Å². The van der Waals surface area contributed by atoms with Crippen LogP contribution in [-0.4, -0.2) is 24.7 Å². The van der Waals surface area contributed by atoms with E-state index in [-0.39, 0.29) is 11.2 Å². The van der Waals surface area contributed by atoms with Crippen LogP contribution in [-0.2, 0) is 4.79 Å². The van der Waals surface area contributed by atoms with Gasteiger partial charge in [0.2, 0.25) is 5.91 Å². The third-order valence-electron chi connectivity index (χ3n) is 1.23. The van der Waals surface area contributed by atoms with Crippen LogP contribution in [0.5, 0.6) is 0 Å². The molecule has 10 heavy (non-hydrogen) atoms. The van der Waals surface area contributed by atoms with Crippen molar-refractivity contribution in [3.05, 3.63) is 0 Å². The van der Waals surface area contributed by atoms with Gasteiger partial charge in [0.25, 0.3) is 0 Å². The molecule has 3 nitrogen and oxygen atoms in total. The molecule has 1 amide bonds. The zero-order valence-electron chi connectivity index (χ0n) is 6.13. The van der Waals surface area contributed by atoms with Gasteiger partial charge in [-0.25, -0.2) is 0 Å². The number of rotatable bonds is 5. The van der Waals surface area contributed by atoms with E-state index in [0.29, 0.717) is 0 Å². The van der Waals surface area contributed by atoms with Crippen molar-refractivity contribution >= 4 is 18.5 Å². The number of carbonyl (C=O) groups excluding carboxylic acids is 1. The summed E-state index contributed by atoms with van der Waals surface area (Å²) in [4.78, 5) is 10.4. The Morgan fingerprint density at radius 2 is 2.40 bits per heavy atom. The molecule has 1 unspecified atom stereocenters. The molecular formula is C6H14N2OS. The molecule has 0 fully saturated rings. The maximum Gasteiger partial charge on any atom is 0.230 e. The third-order valence-corrected chi connectivity index (χ3v) is 1.75. The first-order valence-corrected chi connectivity index (χ1v) is 3.82. The summed E-state index contributed by atoms with van der Waals surface area (Å²) in [5, 5.41) is 2.69. The van der Waals surface area contributed by atoms with Gasteiger partial charge in [0.05, 0.1) is 5.25 Å². The van der Waals surface area contributed by atoms with Gasteiger partial charge in [-0.15, -0.1) is 0 Å². The van der Waals surface area contributed by atoms with Crippen molar-refractivity contribution in [3.63, 3.8) is 0 Å². The summed E-state index contributed by atoms with van der Waals surface area (Å²) >= 11 is 4.00. The predicted octanol–water partition coefficient (Wildman–Crippen LogP) is -0.230. The van der Waals surface area contributed by atoms with Crippen molar-refractivity contribution in [2.45, 2.75) is 18.1 Å². The second kappa shape index (κ2) is 5.56. The Morgan fingerprint density at radius 1 is 1.80 bits per heavy atom. The highest BCUT2D eigenvalue weighted by Crippen LogP contribution is 2.02. The van der Waals surface area contributed by atoms with E-state index in [1.54, 1.807) is 0 Å². The fraction of sp³-hybridized carbons (Fsp3) is 0.833. The zero-order valence-corrected chi connectivity index (χ0v) is 7.03. The number of nitrogens with one attached hydrogen (secondary N) is 1. The van der Waals surface area contributed by atoms with Gasteiger partial charge in [-0.1, -0.05) is 0 Å². The first kappa shape index (κ1) is 9.78. The second-order valence-electron chi connectivity index (χ2n) is 2.16. The standard InChI is InChI=1S/C6H14N2OS/c1-8-4-2-3-5(10)6(7)9/h5,8,10H,2-4H2,1H3,(H2,7,9). The molecule has 0 aromatic rings. The molecule has 0 radical (unpaired) electrons. The van der Waals surface area contributed by atoms with Crippen LogP contribution in [0.25, 0.3) is 0 Å². The van der Waals surface area contributed by atoms with Crippen LogP contribution in [0.2, 0.25) is 0 Å². The highest BCUT2D eigenvalue weighted by Gasteiger charge is 2.07. The molecule has 0 aliphatic carbocycles. The molecule has 0 saturated heterocycles. The highest BCUT2D eigenvalue weighted by molar-refractivity contribution is 7.81. The van der Waals surface area contributed by atoms with Crippen molar-refractivity contribution in [2.24, 2.45) is 5.73 Å². The van der Waals surface area contributed by atoms with Crippen molar-refractivity contribution in [2.75, 3.05) is 13.6 Å². The monoisotopic (exact) mass is 162 g/mol. The third kappa shape index (κ3) is 4.64. The summed E-state index contributed by atoms with van der Waals surface area (Å²) in [6, 6.07) is 0. The Kier molecular flexibility index (Phi) is 5.43. The molecule has 0 bridgehead atoms. The average Bonchev–Trinajstić information content (AvgIpc) is 1.88. The fourth-order valence-corrected chi connectivity index (χ4v) is 0.797. The smallest absolute Gasteiger partial charge is 0.230 e. The molecule has 0 rings (SSSR count). The summed E-state index contributed by atoms with van der Waals surface area (Å²) in [5.74, 6) is -0.334. The van der Waals surface area contributed by atoms with E-state index < -0.39 is 0 Å². The van der Waals surface area contributed by atoms with Gasteiger partial charge in [0.1, 0.15) is 0 Å². The maximum absolute atomic E-state index is 10.4. The quantitative estimate of drug-likeness (QED) is 0.386. The first-order chi connectivity index (χ1) is 4.68. The van der Waals surface area contributed by atoms with E-state index in [4.69, 9.17) is 5.73 Å². The minimum atomic E-state index is -0.334. The van der Waals surface area contributed by atoms with Crippen molar-refractivity contribution in [3.8, 4) is 0 Å². The van der Waals surface area contributed by atoms with Crippen LogP contribution in [0.4, 0.5) is 0 Å². The van der Waals surface area contributed by atoms with E-state index in [1.165, 1.54) is 0 Å². The Hall–Kier alpha value is -0.220. The van der Waals surface area contributed by atoms with Crippen LogP contribution in [0.1, 0.15) is 12.8 Å². The lowest BCUT2D eigenvalue weighted by molar-refractivity contribution is -0.117. The number of nitrogens with two attached hydrogens (primary N) is 1. The first-order valence-electron chi connectivity index (χ1n) is 3.30. The van der Waals surface area contributed by atoms with E-state index >= 15 is 0 Å². The van der Waals surface area contributed by atoms with Crippen molar-refractivity contribution < 1.29 is 4.79 Å². The van der Waals surface area contributed by atoms with Gasteiger partial charge >= 0.3 is 0 Å². The number of thiol groups is 1. The Bertz CT molecular complexity index is 108. The van der Waals surface area contributed by atoms with Crippen LogP contribution >= 0.6 is 12.6 Å². The van der Waals surface area contributed by atoms with E-state index in [2.05, 4.69) is 17.9 Å². The minimum absolute atomic E-state index is 0.284. The zero-order chi connectivity index (χ0) is 7.98. The van der Waals surface area contributed by atoms with Gasteiger partial charge in [0, 0.05) is 0 Å². The van der Waals surface area contributed by atoms with Crippen LogP contribution in [0.3, 0.4) is 0 Å². The SMILES string of the molecule is CNCCCC(S)C(N)=O. The second-order valence-corrected chi connectivity index (χ2v) is 2.79. The maximum atomic E-state index is 10.4. The molecule has 0 aromatic carbocycles. The van der Waals surface area contributed by atoms with Gasteiger partial charge in [-0.3, -0.25) is 4.79 Å². The van der Waals surface area contributed by atoms with E-state index in [9.17, 15) is 4.79 Å². The lowest BCUT2D eigenvalue weighted by Gasteiger charge is -2.04. The van der Waals surface area contributed by atoms with Gasteiger partial charge in [-0.05, 0) is 26.4 Å². The van der Waals surface area contributed by atoms with Crippen LogP contribution in [0.15, 0.2) is 0 Å². The van der Waals surface area contributed by atoms with Crippen LogP contribution in [0, 0.1) is 0 Å². The minimum Gasteiger partial charge on any atom is -0.369 e. The fourth-order valence-electron chi connectivity index (χ4n) is 0.614. The summed E-state index contributed by atoms with van der Waals surface area (Å²) < 4.78 is 0. The molecular weight excluding hydrogens is 148 g/mol. The predicted molar refractivity (Wildman–Crippen MR) is 45.1 cm³/mol. The molecule has 0 aromatic heterocycles. The topological polar surface area (TPSA) is 55.1 Å². The van der Waals surface area contributed by atoms with E-state index in [1.807, 2.05) is 7.05 Å². The van der Waals surface area contributed by atoms with Gasteiger partial charge in [-0.2, -0.15) is 12.6 Å². The number of amides is 1. The normalized spacial score (nSPS) is 13.0. The largest absolute Gasteiger partial charge is 0.369 e. The molecule has 0 aliphatic rings. The number of hydrogen-bond donors (Lipinski definition) is 3. The Labute approximate surface area is 66.8 Å². The molecule has 3 N–H and O–H groups in total. The molecule has 60 valence electrons. The molecule has 1 atom stereocenters. The molecule has 0 heterocycles. The summed E-state index contributed by atoms with van der Waals surface area (Å²) in [7, 11) is 1.87. The average molecular weight is 162 g/mol. The highest BCUT2D eigenvalue weighted by atomic mass is 32.1. The van der Waals surface area contributed by atoms with Gasteiger partial charge in [0.15, 0.2) is 0 Å². The summed E-state index contributed by atoms with van der Waals surface area (Å²) in [5.41, 5.74) is 4.98. The lowest BCUT2D eigenvalue weighted by atomic mass is 10.2. The number of primary amides is 1.